The van der Waals surface area contributed by atoms with Gasteiger partial charge in [-0.15, -0.1) is 0 Å². The molecule has 0 amide bonds. The van der Waals surface area contributed by atoms with E-state index in [0.29, 0.717) is 12.0 Å². The second-order valence-electron chi connectivity index (χ2n) is 4.70. The third-order valence-corrected chi connectivity index (χ3v) is 3.71. The van der Waals surface area contributed by atoms with Crippen LogP contribution >= 0.6 is 15.9 Å². The molecular weight excluding hydrogens is 321 g/mol. The maximum Gasteiger partial charge on any atom is 0.126 e. The molecule has 0 aliphatic rings. The second kappa shape index (κ2) is 7.47. The predicted octanol–water partition coefficient (Wildman–Crippen LogP) is 2.99. The van der Waals surface area contributed by atoms with E-state index in [4.69, 9.17) is 5.84 Å². The molecule has 5 heteroatoms. The van der Waals surface area contributed by atoms with Crippen molar-refractivity contribution in [1.82, 2.24) is 10.4 Å². The van der Waals surface area contributed by atoms with Gasteiger partial charge in [0.2, 0.25) is 0 Å². The van der Waals surface area contributed by atoms with Crippen LogP contribution in [0, 0.1) is 5.82 Å². The zero-order valence-electron chi connectivity index (χ0n) is 11.0. The second-order valence-corrected chi connectivity index (χ2v) is 5.62. The Bertz CT molecular complexity index is 548. The number of halogens is 2. The van der Waals surface area contributed by atoms with Crippen LogP contribution in [0.15, 0.2) is 47.2 Å². The highest BCUT2D eigenvalue weighted by Gasteiger charge is 2.11. The molecule has 1 aromatic heterocycles. The zero-order valence-corrected chi connectivity index (χ0v) is 12.6. The van der Waals surface area contributed by atoms with Crippen molar-refractivity contribution in [1.29, 1.82) is 0 Å². The Morgan fingerprint density at radius 2 is 2.20 bits per heavy atom. The number of hydrogen-bond acceptors (Lipinski definition) is 3. The number of benzene rings is 1. The lowest BCUT2D eigenvalue weighted by molar-refractivity contribution is 0.479. The minimum Gasteiger partial charge on any atom is -0.271 e. The first-order valence-corrected chi connectivity index (χ1v) is 7.27. The van der Waals surface area contributed by atoms with Gasteiger partial charge in [-0.3, -0.25) is 16.3 Å². The number of pyridine rings is 1. The molecule has 106 valence electrons. The third-order valence-electron chi connectivity index (χ3n) is 3.21. The summed E-state index contributed by atoms with van der Waals surface area (Å²) < 4.78 is 14.6. The van der Waals surface area contributed by atoms with Gasteiger partial charge < -0.3 is 0 Å². The van der Waals surface area contributed by atoms with Gasteiger partial charge in [0.15, 0.2) is 0 Å². The number of nitrogens with two attached hydrogens (primary N) is 1. The van der Waals surface area contributed by atoms with E-state index in [9.17, 15) is 4.39 Å². The lowest BCUT2D eigenvalue weighted by atomic mass is 10.00. The standard InChI is InChI=1S/C15H17BrFN3/c16-13-4-6-15(17)12(8-13)9-14(20-18)5-3-11-2-1-7-19-10-11/h1-2,4,6-8,10,14,20H,3,5,9,18H2. The minimum atomic E-state index is -0.199. The summed E-state index contributed by atoms with van der Waals surface area (Å²) in [6, 6.07) is 8.92. The van der Waals surface area contributed by atoms with Gasteiger partial charge >= 0.3 is 0 Å². The first-order valence-electron chi connectivity index (χ1n) is 6.48. The van der Waals surface area contributed by atoms with Gasteiger partial charge in [0.25, 0.3) is 0 Å². The van der Waals surface area contributed by atoms with Crippen LogP contribution in [-0.4, -0.2) is 11.0 Å². The number of hydrazine groups is 1. The molecule has 1 atom stereocenters. The molecule has 0 radical (unpaired) electrons. The quantitative estimate of drug-likeness (QED) is 0.629. The SMILES string of the molecule is NNC(CCc1cccnc1)Cc1cc(Br)ccc1F. The minimum absolute atomic E-state index is 0.0269. The molecule has 3 N–H and O–H groups in total. The maximum absolute atomic E-state index is 13.7. The number of aromatic nitrogens is 1. The highest BCUT2D eigenvalue weighted by molar-refractivity contribution is 9.10. The molecule has 0 saturated heterocycles. The Morgan fingerprint density at radius 1 is 1.35 bits per heavy atom. The van der Waals surface area contributed by atoms with Crippen LogP contribution in [0.5, 0.6) is 0 Å². The third kappa shape index (κ3) is 4.37. The van der Waals surface area contributed by atoms with Crippen LogP contribution in [0.2, 0.25) is 0 Å². The van der Waals surface area contributed by atoms with Crippen molar-refractivity contribution in [2.45, 2.75) is 25.3 Å². The van der Waals surface area contributed by atoms with Crippen LogP contribution in [0.3, 0.4) is 0 Å². The molecule has 0 saturated carbocycles. The monoisotopic (exact) mass is 337 g/mol. The summed E-state index contributed by atoms with van der Waals surface area (Å²) in [5.41, 5.74) is 4.58. The van der Waals surface area contributed by atoms with E-state index < -0.39 is 0 Å². The van der Waals surface area contributed by atoms with Crippen LogP contribution in [0.25, 0.3) is 0 Å². The van der Waals surface area contributed by atoms with Crippen molar-refractivity contribution in [2.24, 2.45) is 5.84 Å². The van der Waals surface area contributed by atoms with E-state index in [1.807, 2.05) is 18.3 Å². The van der Waals surface area contributed by atoms with E-state index in [1.165, 1.54) is 6.07 Å². The van der Waals surface area contributed by atoms with Crippen molar-refractivity contribution in [3.63, 3.8) is 0 Å². The highest BCUT2D eigenvalue weighted by Crippen LogP contribution is 2.18. The number of nitrogens with one attached hydrogen (secondary N) is 1. The normalized spacial score (nSPS) is 12.3. The molecule has 20 heavy (non-hydrogen) atoms. The van der Waals surface area contributed by atoms with E-state index in [2.05, 4.69) is 26.3 Å². The molecule has 0 aliphatic heterocycles. The molecular formula is C15H17BrFN3. The molecule has 0 aliphatic carbocycles. The summed E-state index contributed by atoms with van der Waals surface area (Å²) in [6.07, 6.45) is 5.83. The van der Waals surface area contributed by atoms with Gasteiger partial charge in [-0.05, 0) is 54.7 Å². The summed E-state index contributed by atoms with van der Waals surface area (Å²) in [5, 5.41) is 0. The Kier molecular flexibility index (Phi) is 5.64. The molecule has 1 aromatic carbocycles. The fraction of sp³-hybridized carbons (Fsp3) is 0.267. The fourth-order valence-corrected chi connectivity index (χ4v) is 2.50. The van der Waals surface area contributed by atoms with E-state index in [0.717, 1.165) is 22.9 Å². The summed E-state index contributed by atoms with van der Waals surface area (Å²) in [5.74, 6) is 5.37. The fourth-order valence-electron chi connectivity index (χ4n) is 2.10. The van der Waals surface area contributed by atoms with Crippen molar-refractivity contribution in [3.05, 3.63) is 64.1 Å². The molecule has 1 unspecified atom stereocenters. The van der Waals surface area contributed by atoms with Gasteiger partial charge in [-0.25, -0.2) is 4.39 Å². The summed E-state index contributed by atoms with van der Waals surface area (Å²) in [4.78, 5) is 4.08. The van der Waals surface area contributed by atoms with E-state index >= 15 is 0 Å². The van der Waals surface area contributed by atoms with Gasteiger partial charge in [0.05, 0.1) is 0 Å². The molecule has 2 rings (SSSR count). The molecule has 0 fully saturated rings. The number of aryl methyl sites for hydroxylation is 1. The predicted molar refractivity (Wildman–Crippen MR) is 81.5 cm³/mol. The number of hydrogen-bond donors (Lipinski definition) is 2. The molecule has 0 bridgehead atoms. The Balaban J connectivity index is 1.97. The molecule has 2 aromatic rings. The molecule has 3 nitrogen and oxygen atoms in total. The van der Waals surface area contributed by atoms with Crippen molar-refractivity contribution in [2.75, 3.05) is 0 Å². The summed E-state index contributed by atoms with van der Waals surface area (Å²) >= 11 is 3.36. The van der Waals surface area contributed by atoms with Crippen LogP contribution in [-0.2, 0) is 12.8 Å². The van der Waals surface area contributed by atoms with Gasteiger partial charge in [-0.1, -0.05) is 22.0 Å². The van der Waals surface area contributed by atoms with Gasteiger partial charge in [-0.2, -0.15) is 0 Å². The van der Waals surface area contributed by atoms with Crippen molar-refractivity contribution in [3.8, 4) is 0 Å². The lowest BCUT2D eigenvalue weighted by Gasteiger charge is -2.16. The average Bonchev–Trinajstić information content (AvgIpc) is 2.48. The van der Waals surface area contributed by atoms with E-state index in [-0.39, 0.29) is 11.9 Å². The maximum atomic E-state index is 13.7. The number of nitrogens with zero attached hydrogens (tertiary/aromatic N) is 1. The first-order chi connectivity index (χ1) is 9.69. The summed E-state index contributed by atoms with van der Waals surface area (Å²) in [7, 11) is 0. The first kappa shape index (κ1) is 15.1. The zero-order chi connectivity index (χ0) is 14.4. The largest absolute Gasteiger partial charge is 0.271 e. The lowest BCUT2D eigenvalue weighted by Crippen LogP contribution is -2.37. The Hall–Kier alpha value is -1.30. The van der Waals surface area contributed by atoms with Crippen molar-refractivity contribution < 1.29 is 4.39 Å². The van der Waals surface area contributed by atoms with Gasteiger partial charge in [0.1, 0.15) is 5.82 Å². The Morgan fingerprint density at radius 3 is 2.90 bits per heavy atom. The highest BCUT2D eigenvalue weighted by atomic mass is 79.9. The molecule has 0 spiro atoms. The van der Waals surface area contributed by atoms with Crippen LogP contribution in [0.4, 0.5) is 4.39 Å². The molecule has 1 heterocycles. The smallest absolute Gasteiger partial charge is 0.126 e. The summed E-state index contributed by atoms with van der Waals surface area (Å²) in [6.45, 7) is 0. The Labute approximate surface area is 126 Å². The van der Waals surface area contributed by atoms with Crippen LogP contribution in [0.1, 0.15) is 17.5 Å². The topological polar surface area (TPSA) is 50.9 Å². The van der Waals surface area contributed by atoms with E-state index in [1.54, 1.807) is 18.3 Å². The van der Waals surface area contributed by atoms with Crippen molar-refractivity contribution >= 4 is 15.9 Å². The van der Waals surface area contributed by atoms with Crippen LogP contribution < -0.4 is 11.3 Å². The van der Waals surface area contributed by atoms with Gasteiger partial charge in [0, 0.05) is 22.9 Å². The average molecular weight is 338 g/mol. The number of rotatable bonds is 6.